The number of carbonyl (C=O) groups is 2. The number of hydrogen-bond acceptors (Lipinski definition) is 3. The van der Waals surface area contributed by atoms with Crippen molar-refractivity contribution < 1.29 is 18.7 Å². The summed E-state index contributed by atoms with van der Waals surface area (Å²) in [7, 11) is 0. The number of rotatable bonds is 10. The average molecular weight is 570 g/mol. The minimum absolute atomic E-state index is 0.0370. The van der Waals surface area contributed by atoms with Crippen molar-refractivity contribution in [3.05, 3.63) is 99.8 Å². The summed E-state index contributed by atoms with van der Waals surface area (Å²) in [6.07, 6.45) is 0.289. The summed E-state index contributed by atoms with van der Waals surface area (Å²) < 4.78 is 21.2. The molecule has 1 N–H and O–H groups in total. The van der Waals surface area contributed by atoms with Crippen LogP contribution in [0.15, 0.2) is 77.3 Å². The van der Waals surface area contributed by atoms with Gasteiger partial charge in [-0.15, -0.1) is 0 Å². The minimum atomic E-state index is -0.843. The topological polar surface area (TPSA) is 58.6 Å². The zero-order chi connectivity index (χ0) is 27.0. The molecule has 37 heavy (non-hydrogen) atoms. The van der Waals surface area contributed by atoms with Gasteiger partial charge in [-0.05, 0) is 57.6 Å². The maximum Gasteiger partial charge on any atom is 0.261 e. The summed E-state index contributed by atoms with van der Waals surface area (Å²) in [5, 5.41) is 2.83. The third-order valence-corrected chi connectivity index (χ3v) is 6.69. The van der Waals surface area contributed by atoms with Crippen LogP contribution in [0, 0.1) is 5.82 Å². The molecular formula is C30H34BrFN2O3. The highest BCUT2D eigenvalue weighted by molar-refractivity contribution is 9.10. The van der Waals surface area contributed by atoms with Crippen LogP contribution in [0.3, 0.4) is 0 Å². The largest absolute Gasteiger partial charge is 0.483 e. The van der Waals surface area contributed by atoms with Gasteiger partial charge in [0.25, 0.3) is 5.91 Å². The molecule has 0 saturated carbocycles. The summed E-state index contributed by atoms with van der Waals surface area (Å²) in [5.41, 5.74) is 2.31. The Morgan fingerprint density at radius 2 is 1.70 bits per heavy atom. The van der Waals surface area contributed by atoms with Crippen molar-refractivity contribution in [3.63, 3.8) is 0 Å². The summed E-state index contributed by atoms with van der Waals surface area (Å²) in [4.78, 5) is 28.2. The lowest BCUT2D eigenvalue weighted by atomic mass is 9.87. The van der Waals surface area contributed by atoms with Crippen LogP contribution in [0.5, 0.6) is 5.75 Å². The summed E-state index contributed by atoms with van der Waals surface area (Å²) in [6, 6.07) is 20.7. The quantitative estimate of drug-likeness (QED) is 0.324. The number of likely N-dealkylation sites (N-methyl/N-ethyl adjacent to an activating group) is 1. The second kappa shape index (κ2) is 12.9. The van der Waals surface area contributed by atoms with Crippen molar-refractivity contribution in [3.8, 4) is 5.75 Å². The Hall–Kier alpha value is -3.19. The Kier molecular flexibility index (Phi) is 9.86. The van der Waals surface area contributed by atoms with Gasteiger partial charge in [-0.1, -0.05) is 75.4 Å². The van der Waals surface area contributed by atoms with Crippen LogP contribution in [0.25, 0.3) is 0 Å². The molecule has 0 bridgehead atoms. The molecule has 0 aromatic heterocycles. The van der Waals surface area contributed by atoms with Gasteiger partial charge >= 0.3 is 0 Å². The van der Waals surface area contributed by atoms with Crippen LogP contribution in [0.1, 0.15) is 44.4 Å². The second-order valence-corrected chi connectivity index (χ2v) is 10.8. The van der Waals surface area contributed by atoms with E-state index in [4.69, 9.17) is 4.74 Å². The molecule has 0 aliphatic rings. The van der Waals surface area contributed by atoms with E-state index in [-0.39, 0.29) is 30.9 Å². The van der Waals surface area contributed by atoms with Gasteiger partial charge in [-0.2, -0.15) is 0 Å². The molecule has 7 heteroatoms. The van der Waals surface area contributed by atoms with Crippen LogP contribution in [0.2, 0.25) is 0 Å². The molecule has 0 radical (unpaired) electrons. The smallest absolute Gasteiger partial charge is 0.261 e. The first-order valence-electron chi connectivity index (χ1n) is 12.4. The van der Waals surface area contributed by atoms with Crippen molar-refractivity contribution in [2.45, 2.75) is 52.1 Å². The average Bonchev–Trinajstić information content (AvgIpc) is 2.86. The van der Waals surface area contributed by atoms with Gasteiger partial charge in [0.05, 0.1) is 4.47 Å². The highest BCUT2D eigenvalue weighted by Crippen LogP contribution is 2.31. The Morgan fingerprint density at radius 3 is 2.32 bits per heavy atom. The van der Waals surface area contributed by atoms with Gasteiger partial charge in [-0.3, -0.25) is 9.59 Å². The van der Waals surface area contributed by atoms with Crippen LogP contribution in [-0.2, 0) is 28.0 Å². The molecule has 0 aliphatic heterocycles. The molecule has 5 nitrogen and oxygen atoms in total. The van der Waals surface area contributed by atoms with Crippen LogP contribution >= 0.6 is 15.9 Å². The Morgan fingerprint density at radius 1 is 1.03 bits per heavy atom. The lowest BCUT2D eigenvalue weighted by Crippen LogP contribution is -2.51. The number of benzene rings is 3. The predicted molar refractivity (Wildman–Crippen MR) is 148 cm³/mol. The van der Waals surface area contributed by atoms with E-state index in [0.29, 0.717) is 17.9 Å². The third kappa shape index (κ3) is 7.89. The number of halogens is 2. The van der Waals surface area contributed by atoms with E-state index in [1.165, 1.54) is 11.0 Å². The predicted octanol–water partition coefficient (Wildman–Crippen LogP) is 6.04. The molecule has 196 valence electrons. The van der Waals surface area contributed by atoms with Crippen molar-refractivity contribution >= 4 is 27.7 Å². The first-order valence-corrected chi connectivity index (χ1v) is 13.2. The van der Waals surface area contributed by atoms with Crippen LogP contribution < -0.4 is 10.1 Å². The highest BCUT2D eigenvalue weighted by Gasteiger charge is 2.31. The maximum absolute atomic E-state index is 14.6. The number of nitrogens with one attached hydrogen (secondary N) is 1. The molecule has 0 aliphatic carbocycles. The van der Waals surface area contributed by atoms with E-state index in [2.05, 4.69) is 42.0 Å². The Balaban J connectivity index is 1.90. The van der Waals surface area contributed by atoms with Gasteiger partial charge in [-0.25, -0.2) is 4.39 Å². The van der Waals surface area contributed by atoms with Gasteiger partial charge in [0.1, 0.15) is 17.6 Å². The normalized spacial score (nSPS) is 12.1. The summed E-state index contributed by atoms with van der Waals surface area (Å²) >= 11 is 3.54. The minimum Gasteiger partial charge on any atom is -0.483 e. The summed E-state index contributed by atoms with van der Waals surface area (Å²) in [6.45, 7) is 8.23. The molecule has 0 saturated heterocycles. The third-order valence-electron chi connectivity index (χ3n) is 6.07. The number of nitrogens with zero attached hydrogens (tertiary/aromatic N) is 1. The van der Waals surface area contributed by atoms with Crippen LogP contribution in [-0.4, -0.2) is 35.9 Å². The first kappa shape index (κ1) is 28.4. The number of ether oxygens (including phenoxy) is 1. The van der Waals surface area contributed by atoms with Crippen molar-refractivity contribution in [1.82, 2.24) is 10.2 Å². The van der Waals surface area contributed by atoms with E-state index in [1.807, 2.05) is 55.5 Å². The molecule has 1 atom stereocenters. The lowest BCUT2D eigenvalue weighted by Gasteiger charge is -2.31. The van der Waals surface area contributed by atoms with Gasteiger partial charge in [0, 0.05) is 25.1 Å². The van der Waals surface area contributed by atoms with Crippen molar-refractivity contribution in [1.29, 1.82) is 0 Å². The fourth-order valence-electron chi connectivity index (χ4n) is 3.96. The van der Waals surface area contributed by atoms with Crippen LogP contribution in [0.4, 0.5) is 4.39 Å². The summed E-state index contributed by atoms with van der Waals surface area (Å²) in [5.74, 6) is -0.630. The molecule has 0 heterocycles. The standard InChI is InChI=1S/C30H34BrFN2O3/c1-5-33-29(36)26(17-21-11-7-6-8-12-21)34(19-22-13-9-10-14-25(22)32)28(35)20-37-27-16-15-23(18-24(27)31)30(2,3)4/h6-16,18,26H,5,17,19-20H2,1-4H3,(H,33,36). The van der Waals surface area contributed by atoms with E-state index in [0.717, 1.165) is 15.6 Å². The lowest BCUT2D eigenvalue weighted by molar-refractivity contribution is -0.142. The second-order valence-electron chi connectivity index (χ2n) is 9.90. The van der Waals surface area contributed by atoms with Crippen molar-refractivity contribution in [2.75, 3.05) is 13.2 Å². The fourth-order valence-corrected chi connectivity index (χ4v) is 4.46. The number of carbonyl (C=O) groups excluding carboxylic acids is 2. The SMILES string of the molecule is CCNC(=O)C(Cc1ccccc1)N(Cc1ccccc1F)C(=O)COc1ccc(C(C)(C)C)cc1Br. The van der Waals surface area contributed by atoms with E-state index >= 15 is 0 Å². The molecule has 0 fully saturated rings. The molecule has 3 rings (SSSR count). The van der Waals surface area contributed by atoms with E-state index in [1.54, 1.807) is 18.2 Å². The molecule has 1 unspecified atom stereocenters. The van der Waals surface area contributed by atoms with Crippen molar-refractivity contribution in [2.24, 2.45) is 0 Å². The molecule has 3 aromatic rings. The number of hydrogen-bond donors (Lipinski definition) is 1. The molecule has 2 amide bonds. The maximum atomic E-state index is 14.6. The van der Waals surface area contributed by atoms with E-state index < -0.39 is 17.8 Å². The zero-order valence-electron chi connectivity index (χ0n) is 21.8. The van der Waals surface area contributed by atoms with Gasteiger partial charge < -0.3 is 15.0 Å². The molecule has 0 spiro atoms. The van der Waals surface area contributed by atoms with E-state index in [9.17, 15) is 14.0 Å². The monoisotopic (exact) mass is 568 g/mol. The first-order chi connectivity index (χ1) is 17.6. The Labute approximate surface area is 227 Å². The molecular weight excluding hydrogens is 535 g/mol. The Bertz CT molecular complexity index is 1210. The number of amides is 2. The molecule has 3 aromatic carbocycles. The fraction of sp³-hybridized carbons (Fsp3) is 0.333. The zero-order valence-corrected chi connectivity index (χ0v) is 23.3. The highest BCUT2D eigenvalue weighted by atomic mass is 79.9. The van der Waals surface area contributed by atoms with Gasteiger partial charge in [0.2, 0.25) is 5.91 Å². The van der Waals surface area contributed by atoms with Gasteiger partial charge in [0.15, 0.2) is 6.61 Å².